The molecular weight excluding hydrogens is 248 g/mol. The van der Waals surface area contributed by atoms with E-state index in [1.54, 1.807) is 0 Å². The maximum absolute atomic E-state index is 5.87. The van der Waals surface area contributed by atoms with Crippen LogP contribution in [0, 0.1) is 11.8 Å². The average Bonchev–Trinajstić information content (AvgIpc) is 2.47. The summed E-state index contributed by atoms with van der Waals surface area (Å²) in [5.74, 6) is 1.39. The van der Waals surface area contributed by atoms with Crippen LogP contribution in [-0.4, -0.2) is 19.5 Å². The van der Waals surface area contributed by atoms with Crippen LogP contribution in [0.2, 0.25) is 0 Å². The molecular formula is C18H38O2. The van der Waals surface area contributed by atoms with E-state index in [9.17, 15) is 0 Å². The maximum Gasteiger partial charge on any atom is 0.154 e. The summed E-state index contributed by atoms with van der Waals surface area (Å²) in [5.41, 5.74) is 0. The zero-order valence-corrected chi connectivity index (χ0v) is 14.6. The van der Waals surface area contributed by atoms with Crippen LogP contribution >= 0.6 is 0 Å². The Kier molecular flexibility index (Phi) is 13.8. The van der Waals surface area contributed by atoms with Crippen LogP contribution in [0.1, 0.15) is 86.0 Å². The molecule has 2 unspecified atom stereocenters. The van der Waals surface area contributed by atoms with Gasteiger partial charge in [-0.25, -0.2) is 0 Å². The van der Waals surface area contributed by atoms with Gasteiger partial charge in [0.15, 0.2) is 6.29 Å². The van der Waals surface area contributed by atoms with E-state index < -0.39 is 0 Å². The van der Waals surface area contributed by atoms with Crippen LogP contribution < -0.4 is 0 Å². The molecule has 0 aromatic heterocycles. The molecule has 0 N–H and O–H groups in total. The quantitative estimate of drug-likeness (QED) is 0.376. The van der Waals surface area contributed by atoms with E-state index in [0.29, 0.717) is 11.8 Å². The van der Waals surface area contributed by atoms with Gasteiger partial charge >= 0.3 is 0 Å². The molecule has 0 aliphatic rings. The first-order valence-corrected chi connectivity index (χ1v) is 8.90. The third-order valence-electron chi connectivity index (χ3n) is 4.22. The minimum absolute atomic E-state index is 0.0543. The highest BCUT2D eigenvalue weighted by Gasteiger charge is 2.12. The molecule has 0 aromatic carbocycles. The number of hydrogen-bond acceptors (Lipinski definition) is 2. The summed E-state index contributed by atoms with van der Waals surface area (Å²) >= 11 is 0. The molecule has 0 aromatic rings. The summed E-state index contributed by atoms with van der Waals surface area (Å²) < 4.78 is 11.7. The predicted molar refractivity (Wildman–Crippen MR) is 88.0 cm³/mol. The summed E-state index contributed by atoms with van der Waals surface area (Å²) in [5, 5.41) is 0. The minimum atomic E-state index is -0.0543. The second-order valence-electron chi connectivity index (χ2n) is 6.07. The van der Waals surface area contributed by atoms with Crippen molar-refractivity contribution in [2.45, 2.75) is 92.3 Å². The monoisotopic (exact) mass is 286 g/mol. The second-order valence-corrected chi connectivity index (χ2v) is 6.07. The van der Waals surface area contributed by atoms with Gasteiger partial charge in [0.25, 0.3) is 0 Å². The van der Waals surface area contributed by atoms with Crippen LogP contribution in [-0.2, 0) is 9.47 Å². The summed E-state index contributed by atoms with van der Waals surface area (Å²) in [4.78, 5) is 0. The topological polar surface area (TPSA) is 18.5 Å². The second kappa shape index (κ2) is 13.9. The first-order valence-electron chi connectivity index (χ1n) is 8.90. The normalized spacial score (nSPS) is 16.1. The first-order chi connectivity index (χ1) is 9.67. The van der Waals surface area contributed by atoms with Crippen molar-refractivity contribution in [2.75, 3.05) is 13.2 Å². The molecule has 0 radical (unpaired) electrons. The number of rotatable bonds is 14. The largest absolute Gasteiger partial charge is 0.353 e. The van der Waals surface area contributed by atoms with Gasteiger partial charge in [-0.05, 0) is 31.6 Å². The van der Waals surface area contributed by atoms with E-state index in [1.165, 1.54) is 51.4 Å². The van der Waals surface area contributed by atoms with E-state index in [2.05, 4.69) is 27.7 Å². The van der Waals surface area contributed by atoms with Crippen molar-refractivity contribution < 1.29 is 9.47 Å². The van der Waals surface area contributed by atoms with Crippen LogP contribution in [0.15, 0.2) is 0 Å². The Morgan fingerprint density at radius 3 is 1.40 bits per heavy atom. The van der Waals surface area contributed by atoms with Gasteiger partial charge in [-0.15, -0.1) is 0 Å². The smallest absolute Gasteiger partial charge is 0.154 e. The molecule has 2 nitrogen and oxygen atoms in total. The number of unbranched alkanes of at least 4 members (excludes halogenated alkanes) is 2. The number of ether oxygens (including phenoxy) is 2. The first kappa shape index (κ1) is 19.9. The van der Waals surface area contributed by atoms with E-state index in [1.807, 2.05) is 6.92 Å². The highest BCUT2D eigenvalue weighted by molar-refractivity contribution is 4.58. The van der Waals surface area contributed by atoms with Gasteiger partial charge in [-0.3, -0.25) is 0 Å². The lowest BCUT2D eigenvalue weighted by Gasteiger charge is -2.21. The van der Waals surface area contributed by atoms with Crippen molar-refractivity contribution in [3.63, 3.8) is 0 Å². The van der Waals surface area contributed by atoms with Crippen molar-refractivity contribution >= 4 is 0 Å². The average molecular weight is 286 g/mol. The van der Waals surface area contributed by atoms with Gasteiger partial charge in [0.1, 0.15) is 0 Å². The van der Waals surface area contributed by atoms with E-state index in [-0.39, 0.29) is 6.29 Å². The Morgan fingerprint density at radius 1 is 0.700 bits per heavy atom. The zero-order chi connectivity index (χ0) is 15.2. The van der Waals surface area contributed by atoms with Gasteiger partial charge < -0.3 is 9.47 Å². The van der Waals surface area contributed by atoms with Crippen LogP contribution in [0.25, 0.3) is 0 Å². The van der Waals surface area contributed by atoms with Gasteiger partial charge in [0.05, 0.1) is 13.2 Å². The zero-order valence-electron chi connectivity index (χ0n) is 14.6. The fraction of sp³-hybridized carbons (Fsp3) is 1.00. The third kappa shape index (κ3) is 10.7. The van der Waals surface area contributed by atoms with Crippen molar-refractivity contribution in [2.24, 2.45) is 11.8 Å². The molecule has 0 fully saturated rings. The van der Waals surface area contributed by atoms with Crippen LogP contribution in [0.3, 0.4) is 0 Å². The molecule has 0 spiro atoms. The van der Waals surface area contributed by atoms with Gasteiger partial charge in [0.2, 0.25) is 0 Å². The van der Waals surface area contributed by atoms with Gasteiger partial charge in [0, 0.05) is 0 Å². The van der Waals surface area contributed by atoms with Gasteiger partial charge in [-0.1, -0.05) is 66.2 Å². The third-order valence-corrected chi connectivity index (χ3v) is 4.22. The molecule has 0 saturated heterocycles. The summed E-state index contributed by atoms with van der Waals surface area (Å²) in [6, 6.07) is 0. The Balaban J connectivity index is 3.76. The number of hydrogen-bond donors (Lipinski definition) is 0. The Morgan fingerprint density at radius 2 is 1.10 bits per heavy atom. The van der Waals surface area contributed by atoms with Crippen LogP contribution in [0.5, 0.6) is 0 Å². The molecule has 0 saturated carbocycles. The van der Waals surface area contributed by atoms with Crippen molar-refractivity contribution in [3.05, 3.63) is 0 Å². The van der Waals surface area contributed by atoms with Crippen LogP contribution in [0.4, 0.5) is 0 Å². The molecule has 0 rings (SSSR count). The Labute approximate surface area is 127 Å². The Bertz CT molecular complexity index is 174. The van der Waals surface area contributed by atoms with Crippen molar-refractivity contribution in [1.82, 2.24) is 0 Å². The summed E-state index contributed by atoms with van der Waals surface area (Å²) in [7, 11) is 0. The Hall–Kier alpha value is -0.0800. The van der Waals surface area contributed by atoms with Crippen molar-refractivity contribution in [1.29, 1.82) is 0 Å². The molecule has 2 heteroatoms. The standard InChI is InChI=1S/C18H38O2/c1-6-10-12-17(8-3)14-19-16(5)20-15-18(9-4)13-11-7-2/h16-18H,6-15H2,1-5H3. The molecule has 0 amide bonds. The minimum Gasteiger partial charge on any atom is -0.353 e. The predicted octanol–water partition coefficient (Wildman–Crippen LogP) is 5.80. The summed E-state index contributed by atoms with van der Waals surface area (Å²) in [6.45, 7) is 12.8. The van der Waals surface area contributed by atoms with E-state index in [0.717, 1.165) is 13.2 Å². The lowest BCUT2D eigenvalue weighted by Crippen LogP contribution is -2.21. The molecule has 0 aliphatic heterocycles. The van der Waals surface area contributed by atoms with E-state index >= 15 is 0 Å². The van der Waals surface area contributed by atoms with Gasteiger partial charge in [-0.2, -0.15) is 0 Å². The molecule has 0 bridgehead atoms. The molecule has 20 heavy (non-hydrogen) atoms. The SMILES string of the molecule is CCCCC(CC)COC(C)OCC(CC)CCCC. The highest BCUT2D eigenvalue weighted by atomic mass is 16.7. The fourth-order valence-corrected chi connectivity index (χ4v) is 2.39. The molecule has 122 valence electrons. The van der Waals surface area contributed by atoms with Crippen molar-refractivity contribution in [3.8, 4) is 0 Å². The molecule has 0 heterocycles. The molecule has 0 aliphatic carbocycles. The lowest BCUT2D eigenvalue weighted by atomic mass is 10.0. The van der Waals surface area contributed by atoms with E-state index in [4.69, 9.17) is 9.47 Å². The fourth-order valence-electron chi connectivity index (χ4n) is 2.39. The lowest BCUT2D eigenvalue weighted by molar-refractivity contribution is -0.147. The highest BCUT2D eigenvalue weighted by Crippen LogP contribution is 2.16. The maximum atomic E-state index is 5.87. The molecule has 2 atom stereocenters. The summed E-state index contributed by atoms with van der Waals surface area (Å²) in [6.07, 6.45) is 10.1.